The highest BCUT2D eigenvalue weighted by Crippen LogP contribution is 2.20. The number of aromatic nitrogens is 1. The van der Waals surface area contributed by atoms with Gasteiger partial charge in [0.05, 0.1) is 0 Å². The molecule has 7 heteroatoms. The summed E-state index contributed by atoms with van der Waals surface area (Å²) in [7, 11) is -5.07. The number of amides is 1. The standard InChI is InChI=1S/C10H11N2O4P/c1-7-6-8-4-2-3-5-12(8)9(7)10(13)11-17(14,15)16/h2-6H,1H3,(H3,11,13,14,15,16)/p-2. The minimum Gasteiger partial charge on any atom is -0.795 e. The monoisotopic (exact) mass is 252 g/mol. The number of fused-ring (bicyclic) bond motifs is 1. The van der Waals surface area contributed by atoms with Crippen molar-refractivity contribution in [2.45, 2.75) is 6.92 Å². The Balaban J connectivity index is 2.52. The molecule has 6 nitrogen and oxygen atoms in total. The molecule has 17 heavy (non-hydrogen) atoms. The van der Waals surface area contributed by atoms with Crippen LogP contribution in [0.4, 0.5) is 0 Å². The van der Waals surface area contributed by atoms with Crippen LogP contribution in [0, 0.1) is 6.92 Å². The van der Waals surface area contributed by atoms with Crippen molar-refractivity contribution >= 4 is 19.2 Å². The van der Waals surface area contributed by atoms with Gasteiger partial charge in [0, 0.05) is 19.5 Å². The summed E-state index contributed by atoms with van der Waals surface area (Å²) in [4.78, 5) is 32.7. The molecule has 2 aromatic rings. The maximum absolute atomic E-state index is 11.7. The number of pyridine rings is 1. The number of carbonyl (C=O) groups excluding carboxylic acids is 1. The van der Waals surface area contributed by atoms with Gasteiger partial charge in [0.1, 0.15) is 5.69 Å². The maximum atomic E-state index is 11.7. The third-order valence-corrected chi connectivity index (χ3v) is 2.80. The molecule has 0 fully saturated rings. The molecule has 0 saturated heterocycles. The number of carbonyl (C=O) groups is 1. The van der Waals surface area contributed by atoms with Gasteiger partial charge < -0.3 is 23.8 Å². The molecular formula is C10H9N2O4P-2. The van der Waals surface area contributed by atoms with E-state index in [0.717, 1.165) is 5.52 Å². The average molecular weight is 252 g/mol. The van der Waals surface area contributed by atoms with Crippen molar-refractivity contribution in [1.29, 1.82) is 0 Å². The lowest BCUT2D eigenvalue weighted by Crippen LogP contribution is -2.33. The Labute approximate surface area is 97.1 Å². The number of nitrogens with one attached hydrogen (secondary N) is 1. The van der Waals surface area contributed by atoms with Crippen molar-refractivity contribution in [3.8, 4) is 0 Å². The van der Waals surface area contributed by atoms with Crippen LogP contribution in [0.3, 0.4) is 0 Å². The molecule has 0 radical (unpaired) electrons. The van der Waals surface area contributed by atoms with Crippen molar-refractivity contribution in [3.05, 3.63) is 41.7 Å². The Morgan fingerprint density at radius 3 is 2.76 bits per heavy atom. The van der Waals surface area contributed by atoms with Crippen LogP contribution < -0.4 is 14.9 Å². The van der Waals surface area contributed by atoms with Crippen LogP contribution in [-0.4, -0.2) is 10.3 Å². The van der Waals surface area contributed by atoms with Crippen LogP contribution >= 0.6 is 7.75 Å². The molecule has 0 unspecified atom stereocenters. The largest absolute Gasteiger partial charge is 0.795 e. The maximum Gasteiger partial charge on any atom is 0.272 e. The Morgan fingerprint density at radius 2 is 2.12 bits per heavy atom. The van der Waals surface area contributed by atoms with Gasteiger partial charge in [-0.15, -0.1) is 0 Å². The van der Waals surface area contributed by atoms with E-state index in [-0.39, 0.29) is 5.69 Å². The third kappa shape index (κ3) is 2.39. The lowest BCUT2D eigenvalue weighted by molar-refractivity contribution is -0.316. The first kappa shape index (κ1) is 11.9. The molecule has 0 bridgehead atoms. The Morgan fingerprint density at radius 1 is 1.41 bits per heavy atom. The second-order valence-corrected chi connectivity index (χ2v) is 4.83. The minimum atomic E-state index is -5.07. The molecule has 2 heterocycles. The second-order valence-electron chi connectivity index (χ2n) is 3.61. The van der Waals surface area contributed by atoms with Crippen molar-refractivity contribution in [1.82, 2.24) is 9.49 Å². The van der Waals surface area contributed by atoms with E-state index in [1.54, 1.807) is 37.4 Å². The number of rotatable bonds is 2. The summed E-state index contributed by atoms with van der Waals surface area (Å²) in [6.07, 6.45) is 1.62. The second kappa shape index (κ2) is 4.00. The van der Waals surface area contributed by atoms with Gasteiger partial charge in [0.2, 0.25) is 0 Å². The van der Waals surface area contributed by atoms with E-state index in [2.05, 4.69) is 0 Å². The highest BCUT2D eigenvalue weighted by molar-refractivity contribution is 7.47. The molecule has 0 saturated carbocycles. The first-order chi connectivity index (χ1) is 7.88. The molecule has 0 atom stereocenters. The van der Waals surface area contributed by atoms with Gasteiger partial charge in [-0.1, -0.05) is 6.07 Å². The quantitative estimate of drug-likeness (QED) is 0.749. The Kier molecular flexibility index (Phi) is 2.79. The van der Waals surface area contributed by atoms with E-state index in [0.29, 0.717) is 5.56 Å². The zero-order chi connectivity index (χ0) is 12.6. The zero-order valence-electron chi connectivity index (χ0n) is 8.91. The normalized spacial score (nSPS) is 11.7. The molecule has 0 aromatic carbocycles. The van der Waals surface area contributed by atoms with E-state index in [1.807, 2.05) is 0 Å². The molecular weight excluding hydrogens is 243 g/mol. The lowest BCUT2D eigenvalue weighted by atomic mass is 10.2. The van der Waals surface area contributed by atoms with E-state index in [4.69, 9.17) is 0 Å². The summed E-state index contributed by atoms with van der Waals surface area (Å²) in [6.45, 7) is 1.67. The van der Waals surface area contributed by atoms with Gasteiger partial charge in [-0.3, -0.25) is 4.79 Å². The Hall–Kier alpha value is -1.62. The van der Waals surface area contributed by atoms with Crippen LogP contribution in [0.25, 0.3) is 5.52 Å². The van der Waals surface area contributed by atoms with E-state index < -0.39 is 13.7 Å². The van der Waals surface area contributed by atoms with Gasteiger partial charge in [-0.2, -0.15) is 0 Å². The van der Waals surface area contributed by atoms with Crippen LogP contribution in [0.5, 0.6) is 0 Å². The minimum absolute atomic E-state index is 0.146. The molecule has 0 aliphatic rings. The van der Waals surface area contributed by atoms with Crippen molar-refractivity contribution in [2.24, 2.45) is 0 Å². The highest BCUT2D eigenvalue weighted by Gasteiger charge is 2.14. The molecule has 0 spiro atoms. The first-order valence-corrected chi connectivity index (χ1v) is 6.34. The van der Waals surface area contributed by atoms with Crippen molar-refractivity contribution in [2.75, 3.05) is 0 Å². The zero-order valence-corrected chi connectivity index (χ0v) is 9.81. The van der Waals surface area contributed by atoms with Crippen molar-refractivity contribution in [3.63, 3.8) is 0 Å². The molecule has 2 rings (SSSR count). The van der Waals surface area contributed by atoms with Gasteiger partial charge in [-0.05, 0) is 30.7 Å². The number of nitrogens with zero attached hydrogens (tertiary/aromatic N) is 1. The molecule has 1 N–H and O–H groups in total. The molecule has 0 aliphatic heterocycles. The summed E-state index contributed by atoms with van der Waals surface area (Å²) in [6, 6.07) is 7.01. The summed E-state index contributed by atoms with van der Waals surface area (Å²) in [5.41, 5.74) is 1.50. The molecule has 90 valence electrons. The highest BCUT2D eigenvalue weighted by atomic mass is 31.2. The summed E-state index contributed by atoms with van der Waals surface area (Å²) < 4.78 is 12.0. The number of hydrogen-bond acceptors (Lipinski definition) is 4. The lowest BCUT2D eigenvalue weighted by Gasteiger charge is -2.29. The number of hydrogen-bond donors (Lipinski definition) is 1. The average Bonchev–Trinajstić information content (AvgIpc) is 2.50. The van der Waals surface area contributed by atoms with E-state index in [9.17, 15) is 19.1 Å². The molecule has 2 aromatic heterocycles. The van der Waals surface area contributed by atoms with E-state index in [1.165, 1.54) is 9.49 Å². The van der Waals surface area contributed by atoms with Gasteiger partial charge in [-0.25, -0.2) is 0 Å². The fourth-order valence-corrected chi connectivity index (χ4v) is 2.08. The number of aryl methyl sites for hydroxylation is 1. The third-order valence-electron chi connectivity index (χ3n) is 2.32. The van der Waals surface area contributed by atoms with Gasteiger partial charge in [0.25, 0.3) is 5.91 Å². The fraction of sp³-hybridized carbons (Fsp3) is 0.100. The summed E-state index contributed by atoms with van der Waals surface area (Å²) in [5.74, 6) is -0.915. The molecule has 1 amide bonds. The van der Waals surface area contributed by atoms with Crippen LogP contribution in [0.2, 0.25) is 0 Å². The predicted molar refractivity (Wildman–Crippen MR) is 57.2 cm³/mol. The summed E-state index contributed by atoms with van der Waals surface area (Å²) in [5, 5.41) is 1.44. The topological polar surface area (TPSA) is 96.7 Å². The predicted octanol–water partition coefficient (Wildman–Crippen LogP) is -0.194. The first-order valence-electron chi connectivity index (χ1n) is 4.80. The summed E-state index contributed by atoms with van der Waals surface area (Å²) >= 11 is 0. The van der Waals surface area contributed by atoms with Crippen LogP contribution in [-0.2, 0) is 4.57 Å². The molecule has 0 aliphatic carbocycles. The van der Waals surface area contributed by atoms with Crippen molar-refractivity contribution < 1.29 is 19.1 Å². The van der Waals surface area contributed by atoms with Gasteiger partial charge >= 0.3 is 0 Å². The van der Waals surface area contributed by atoms with Crippen LogP contribution in [0.1, 0.15) is 16.1 Å². The fourth-order valence-electron chi connectivity index (χ4n) is 1.72. The SMILES string of the molecule is Cc1cc2ccccn2c1C(=O)NP(=O)([O-])[O-]. The Bertz CT molecular complexity index is 628. The smallest absolute Gasteiger partial charge is 0.272 e. The van der Waals surface area contributed by atoms with Crippen LogP contribution in [0.15, 0.2) is 30.5 Å². The van der Waals surface area contributed by atoms with Gasteiger partial charge in [0.15, 0.2) is 0 Å². The van der Waals surface area contributed by atoms with E-state index >= 15 is 0 Å².